The molecule has 8 heteroatoms. The second-order valence-corrected chi connectivity index (χ2v) is 7.00. The number of nitrogens with zero attached hydrogens (tertiary/aromatic N) is 1. The highest BCUT2D eigenvalue weighted by Crippen LogP contribution is 2.33. The first-order valence-corrected chi connectivity index (χ1v) is 8.77. The van der Waals surface area contributed by atoms with Crippen LogP contribution in [0.5, 0.6) is 0 Å². The summed E-state index contributed by atoms with van der Waals surface area (Å²) in [5.74, 6) is -0.387. The largest absolute Gasteiger partial charge is 0.416 e. The molecule has 2 aliphatic rings. The number of nitrogens with two attached hydrogens (primary N) is 1. The van der Waals surface area contributed by atoms with E-state index in [0.717, 1.165) is 31.4 Å². The maximum absolute atomic E-state index is 12.9. The van der Waals surface area contributed by atoms with Crippen molar-refractivity contribution in [3.05, 3.63) is 29.8 Å². The summed E-state index contributed by atoms with van der Waals surface area (Å²) in [4.78, 5) is 26.0. The zero-order valence-electron chi connectivity index (χ0n) is 14.3. The number of hydrogen-bond acceptors (Lipinski definition) is 3. The normalized spacial score (nSPS) is 26.4. The first-order valence-electron chi connectivity index (χ1n) is 8.77. The molecule has 3 rings (SSSR count). The minimum atomic E-state index is -4.47. The van der Waals surface area contributed by atoms with Crippen LogP contribution in [0, 0.1) is 11.8 Å². The molecule has 1 aliphatic carbocycles. The molecule has 2 fully saturated rings. The van der Waals surface area contributed by atoms with Gasteiger partial charge in [-0.15, -0.1) is 0 Å². The third kappa shape index (κ3) is 3.85. The van der Waals surface area contributed by atoms with E-state index in [1.54, 1.807) is 0 Å². The van der Waals surface area contributed by atoms with Gasteiger partial charge < -0.3 is 16.0 Å². The number of hydrogen-bond donors (Lipinski definition) is 2. The van der Waals surface area contributed by atoms with Crippen LogP contribution < -0.4 is 16.0 Å². The van der Waals surface area contributed by atoms with Crippen LogP contribution in [-0.4, -0.2) is 30.9 Å². The van der Waals surface area contributed by atoms with Gasteiger partial charge in [-0.05, 0) is 43.5 Å². The minimum absolute atomic E-state index is 0.0853. The Hall–Kier alpha value is -2.09. The van der Waals surface area contributed by atoms with Crippen molar-refractivity contribution in [2.24, 2.45) is 17.6 Å². The molecular weight excluding hydrogens is 347 g/mol. The van der Waals surface area contributed by atoms with Gasteiger partial charge in [0, 0.05) is 24.6 Å². The van der Waals surface area contributed by atoms with Crippen molar-refractivity contribution in [2.45, 2.75) is 37.9 Å². The van der Waals surface area contributed by atoms with Crippen LogP contribution in [0.2, 0.25) is 0 Å². The van der Waals surface area contributed by atoms with Crippen LogP contribution in [0.3, 0.4) is 0 Å². The maximum atomic E-state index is 12.9. The number of benzene rings is 1. The Bertz CT molecular complexity index is 693. The molecule has 3 atom stereocenters. The monoisotopic (exact) mass is 369 g/mol. The number of amides is 2. The van der Waals surface area contributed by atoms with Crippen molar-refractivity contribution in [1.82, 2.24) is 5.32 Å². The highest BCUT2D eigenvalue weighted by molar-refractivity contribution is 5.97. The summed E-state index contributed by atoms with van der Waals surface area (Å²) >= 11 is 0. The number of carbonyl (C=O) groups excluding carboxylic acids is 2. The lowest BCUT2D eigenvalue weighted by Gasteiger charge is -2.21. The summed E-state index contributed by atoms with van der Waals surface area (Å²) in [7, 11) is 0. The Morgan fingerprint density at radius 2 is 2.08 bits per heavy atom. The maximum Gasteiger partial charge on any atom is 0.416 e. The molecule has 0 radical (unpaired) electrons. The molecule has 1 unspecified atom stereocenters. The Morgan fingerprint density at radius 3 is 2.77 bits per heavy atom. The van der Waals surface area contributed by atoms with E-state index in [4.69, 9.17) is 5.73 Å². The molecule has 0 spiro atoms. The number of alkyl halides is 3. The molecular formula is C18H22F3N3O2. The van der Waals surface area contributed by atoms with Crippen molar-refractivity contribution >= 4 is 17.5 Å². The fourth-order valence-corrected chi connectivity index (χ4v) is 3.88. The number of nitrogens with one attached hydrogen (secondary N) is 1. The van der Waals surface area contributed by atoms with Crippen LogP contribution in [0.4, 0.5) is 18.9 Å². The van der Waals surface area contributed by atoms with E-state index in [2.05, 4.69) is 5.32 Å². The van der Waals surface area contributed by atoms with Crippen molar-refractivity contribution < 1.29 is 22.8 Å². The average molecular weight is 369 g/mol. The van der Waals surface area contributed by atoms with Gasteiger partial charge in [0.25, 0.3) is 0 Å². The Morgan fingerprint density at radius 1 is 1.31 bits per heavy atom. The van der Waals surface area contributed by atoms with E-state index in [9.17, 15) is 22.8 Å². The molecule has 5 nitrogen and oxygen atoms in total. The molecule has 1 aliphatic heterocycles. The summed E-state index contributed by atoms with van der Waals surface area (Å²) in [5.41, 5.74) is 5.10. The van der Waals surface area contributed by atoms with Crippen LogP contribution in [0.25, 0.3) is 0 Å². The first-order chi connectivity index (χ1) is 12.3. The molecule has 26 heavy (non-hydrogen) atoms. The smallest absolute Gasteiger partial charge is 0.351 e. The van der Waals surface area contributed by atoms with Gasteiger partial charge >= 0.3 is 6.18 Å². The SMILES string of the molecule is NC[C@H]1CCC[C@H]1C(=O)NC1CC(=O)N(c2cccc(C(F)(F)F)c2)C1. The summed E-state index contributed by atoms with van der Waals surface area (Å²) in [6.45, 7) is 0.629. The predicted molar refractivity (Wildman–Crippen MR) is 90.2 cm³/mol. The van der Waals surface area contributed by atoms with Gasteiger partial charge in [0.2, 0.25) is 11.8 Å². The Balaban J connectivity index is 1.66. The molecule has 1 saturated heterocycles. The topological polar surface area (TPSA) is 75.4 Å². The van der Waals surface area contributed by atoms with Crippen LogP contribution in [-0.2, 0) is 15.8 Å². The molecule has 1 saturated carbocycles. The van der Waals surface area contributed by atoms with Gasteiger partial charge in [0.15, 0.2) is 0 Å². The van der Waals surface area contributed by atoms with E-state index >= 15 is 0 Å². The number of carbonyl (C=O) groups is 2. The molecule has 1 heterocycles. The highest BCUT2D eigenvalue weighted by Gasteiger charge is 2.37. The van der Waals surface area contributed by atoms with E-state index < -0.39 is 17.8 Å². The van der Waals surface area contributed by atoms with Crippen LogP contribution >= 0.6 is 0 Å². The van der Waals surface area contributed by atoms with Gasteiger partial charge in [0.1, 0.15) is 0 Å². The van der Waals surface area contributed by atoms with E-state index in [1.165, 1.54) is 17.0 Å². The predicted octanol–water partition coefficient (Wildman–Crippen LogP) is 2.30. The zero-order chi connectivity index (χ0) is 18.9. The highest BCUT2D eigenvalue weighted by atomic mass is 19.4. The summed E-state index contributed by atoms with van der Waals surface area (Å²) in [6, 6.07) is 4.28. The fourth-order valence-electron chi connectivity index (χ4n) is 3.88. The third-order valence-corrected chi connectivity index (χ3v) is 5.26. The summed E-state index contributed by atoms with van der Waals surface area (Å²) in [6.07, 6.45) is -1.71. The summed E-state index contributed by atoms with van der Waals surface area (Å²) < 4.78 is 38.6. The quantitative estimate of drug-likeness (QED) is 0.855. The van der Waals surface area contributed by atoms with E-state index in [-0.39, 0.29) is 42.3 Å². The Labute approximate surface area is 149 Å². The Kier molecular flexibility index (Phi) is 5.22. The number of anilines is 1. The van der Waals surface area contributed by atoms with Crippen molar-refractivity contribution in [3.63, 3.8) is 0 Å². The van der Waals surface area contributed by atoms with Crippen molar-refractivity contribution in [3.8, 4) is 0 Å². The molecule has 3 N–H and O–H groups in total. The van der Waals surface area contributed by atoms with Gasteiger partial charge in [0.05, 0.1) is 11.6 Å². The van der Waals surface area contributed by atoms with Crippen LogP contribution in [0.15, 0.2) is 24.3 Å². The van der Waals surface area contributed by atoms with E-state index in [0.29, 0.717) is 6.54 Å². The van der Waals surface area contributed by atoms with Crippen molar-refractivity contribution in [1.29, 1.82) is 0 Å². The molecule has 142 valence electrons. The molecule has 0 aromatic heterocycles. The molecule has 1 aromatic rings. The van der Waals surface area contributed by atoms with Crippen LogP contribution in [0.1, 0.15) is 31.2 Å². The van der Waals surface area contributed by atoms with Gasteiger partial charge in [-0.1, -0.05) is 12.5 Å². The average Bonchev–Trinajstić information content (AvgIpc) is 3.20. The van der Waals surface area contributed by atoms with Gasteiger partial charge in [-0.25, -0.2) is 0 Å². The first kappa shape index (κ1) is 18.7. The van der Waals surface area contributed by atoms with Gasteiger partial charge in [-0.2, -0.15) is 13.2 Å². The lowest BCUT2D eigenvalue weighted by molar-refractivity contribution is -0.137. The standard InChI is InChI=1S/C18H22F3N3O2/c19-18(20,21)12-4-2-5-14(7-12)24-10-13(8-16(24)25)23-17(26)15-6-1-3-11(15)9-22/h2,4-5,7,11,13,15H,1,3,6,8-10,22H2,(H,23,26)/t11-,13?,15-/m1/s1. The fraction of sp³-hybridized carbons (Fsp3) is 0.556. The third-order valence-electron chi connectivity index (χ3n) is 5.26. The second-order valence-electron chi connectivity index (χ2n) is 7.00. The van der Waals surface area contributed by atoms with Crippen molar-refractivity contribution in [2.75, 3.05) is 18.0 Å². The lowest BCUT2D eigenvalue weighted by atomic mass is 9.95. The lowest BCUT2D eigenvalue weighted by Crippen LogP contribution is -2.42. The number of halogens is 3. The molecule has 0 bridgehead atoms. The minimum Gasteiger partial charge on any atom is -0.351 e. The number of rotatable bonds is 4. The zero-order valence-corrected chi connectivity index (χ0v) is 14.3. The molecule has 1 aromatic carbocycles. The molecule has 2 amide bonds. The van der Waals surface area contributed by atoms with E-state index in [1.807, 2.05) is 0 Å². The van der Waals surface area contributed by atoms with Gasteiger partial charge in [-0.3, -0.25) is 9.59 Å². The second kappa shape index (κ2) is 7.26. The summed E-state index contributed by atoms with van der Waals surface area (Å²) in [5, 5.41) is 2.88.